The second-order valence-corrected chi connectivity index (χ2v) is 5.46. The summed E-state index contributed by atoms with van der Waals surface area (Å²) in [5.41, 5.74) is -0.299. The number of para-hydroxylation sites is 3. The average molecular weight is 363 g/mol. The molecule has 0 unspecified atom stereocenters. The van der Waals surface area contributed by atoms with Gasteiger partial charge in [-0.05, 0) is 24.3 Å². The largest absolute Gasteiger partial charge is 0.493 e. The van der Waals surface area contributed by atoms with Gasteiger partial charge in [-0.1, -0.05) is 42.2 Å². The highest BCUT2D eigenvalue weighted by molar-refractivity contribution is 5.96. The van der Waals surface area contributed by atoms with Gasteiger partial charge in [0.25, 0.3) is 5.91 Å². The van der Waals surface area contributed by atoms with Gasteiger partial charge in [0.1, 0.15) is 17.8 Å². The smallest absolute Gasteiger partial charge is 0.349 e. The minimum atomic E-state index is -0.682. The standard InChI is InChI=1S/C21H17NO5/c1-25-18-10-4-5-11-19(18)26-13-7-6-12-22-20(23)16-14-15-8-2-3-9-17(15)27-21(16)24/h2-5,8-11,14H,12-13H2,1H3,(H,22,23). The first-order valence-electron chi connectivity index (χ1n) is 8.21. The molecular weight excluding hydrogens is 346 g/mol. The van der Waals surface area contributed by atoms with Crippen LogP contribution in [0.15, 0.2) is 63.8 Å². The first-order valence-corrected chi connectivity index (χ1v) is 8.21. The summed E-state index contributed by atoms with van der Waals surface area (Å²) in [5, 5.41) is 3.25. The summed E-state index contributed by atoms with van der Waals surface area (Å²) in [7, 11) is 1.56. The molecule has 6 heteroatoms. The summed E-state index contributed by atoms with van der Waals surface area (Å²) in [5.74, 6) is 6.24. The number of fused-ring (bicyclic) bond motifs is 1. The van der Waals surface area contributed by atoms with E-state index < -0.39 is 11.5 Å². The van der Waals surface area contributed by atoms with Gasteiger partial charge in [-0.3, -0.25) is 4.79 Å². The monoisotopic (exact) mass is 363 g/mol. The van der Waals surface area contributed by atoms with Crippen LogP contribution in [-0.4, -0.2) is 26.2 Å². The van der Waals surface area contributed by atoms with Crippen LogP contribution in [0.2, 0.25) is 0 Å². The van der Waals surface area contributed by atoms with E-state index in [4.69, 9.17) is 13.9 Å². The number of amides is 1. The second-order valence-electron chi connectivity index (χ2n) is 5.46. The Morgan fingerprint density at radius 3 is 2.63 bits per heavy atom. The number of methoxy groups -OCH3 is 1. The summed E-state index contributed by atoms with van der Waals surface area (Å²) < 4.78 is 15.8. The third-order valence-corrected chi connectivity index (χ3v) is 3.72. The zero-order valence-electron chi connectivity index (χ0n) is 14.7. The average Bonchev–Trinajstić information content (AvgIpc) is 2.70. The molecule has 136 valence electrons. The first kappa shape index (κ1) is 18.1. The molecule has 0 aliphatic rings. The summed E-state index contributed by atoms with van der Waals surface area (Å²) in [6.45, 7) is 0.231. The van der Waals surface area contributed by atoms with E-state index in [-0.39, 0.29) is 18.7 Å². The van der Waals surface area contributed by atoms with Crippen molar-refractivity contribution in [2.24, 2.45) is 0 Å². The highest BCUT2D eigenvalue weighted by Gasteiger charge is 2.12. The molecule has 0 radical (unpaired) electrons. The fraction of sp³-hybridized carbons (Fsp3) is 0.143. The van der Waals surface area contributed by atoms with E-state index in [0.717, 1.165) is 0 Å². The lowest BCUT2D eigenvalue weighted by atomic mass is 10.2. The van der Waals surface area contributed by atoms with Crippen LogP contribution in [0.5, 0.6) is 11.5 Å². The Morgan fingerprint density at radius 2 is 1.81 bits per heavy atom. The van der Waals surface area contributed by atoms with E-state index in [2.05, 4.69) is 17.2 Å². The van der Waals surface area contributed by atoms with Crippen molar-refractivity contribution in [1.82, 2.24) is 5.32 Å². The number of rotatable bonds is 5. The third-order valence-electron chi connectivity index (χ3n) is 3.72. The Morgan fingerprint density at radius 1 is 1.07 bits per heavy atom. The highest BCUT2D eigenvalue weighted by Crippen LogP contribution is 2.25. The van der Waals surface area contributed by atoms with Crippen molar-refractivity contribution >= 4 is 16.9 Å². The molecule has 27 heavy (non-hydrogen) atoms. The number of benzene rings is 2. The second kappa shape index (κ2) is 8.59. The molecular formula is C21H17NO5. The third kappa shape index (κ3) is 4.47. The van der Waals surface area contributed by atoms with Crippen molar-refractivity contribution in [2.75, 3.05) is 20.3 Å². The van der Waals surface area contributed by atoms with Crippen molar-refractivity contribution < 1.29 is 18.7 Å². The molecule has 0 atom stereocenters. The van der Waals surface area contributed by atoms with Crippen molar-refractivity contribution in [3.05, 3.63) is 70.6 Å². The van der Waals surface area contributed by atoms with Crippen LogP contribution >= 0.6 is 0 Å². The van der Waals surface area contributed by atoms with Crippen LogP contribution < -0.4 is 20.4 Å². The zero-order chi connectivity index (χ0) is 19.1. The molecule has 2 aromatic carbocycles. The first-order chi connectivity index (χ1) is 13.2. The molecule has 0 saturated carbocycles. The van der Waals surface area contributed by atoms with Crippen molar-refractivity contribution in [1.29, 1.82) is 0 Å². The molecule has 3 rings (SSSR count). The molecule has 0 fully saturated rings. The van der Waals surface area contributed by atoms with Crippen LogP contribution in [0.25, 0.3) is 11.0 Å². The van der Waals surface area contributed by atoms with E-state index in [9.17, 15) is 9.59 Å². The van der Waals surface area contributed by atoms with Crippen LogP contribution in [0.3, 0.4) is 0 Å². The molecule has 0 bridgehead atoms. The van der Waals surface area contributed by atoms with Gasteiger partial charge in [-0.15, -0.1) is 0 Å². The number of nitrogens with one attached hydrogen (secondary N) is 1. The number of carbonyl (C=O) groups excluding carboxylic acids is 1. The van der Waals surface area contributed by atoms with Crippen molar-refractivity contribution in [2.45, 2.75) is 0 Å². The van der Waals surface area contributed by atoms with Crippen LogP contribution in [0, 0.1) is 11.8 Å². The SMILES string of the molecule is COc1ccccc1OCC#CCNC(=O)c1cc2ccccc2oc1=O. The van der Waals surface area contributed by atoms with Crippen molar-refractivity contribution in [3.8, 4) is 23.3 Å². The predicted molar refractivity (Wildman–Crippen MR) is 101 cm³/mol. The molecule has 1 aromatic heterocycles. The molecule has 0 aliphatic heterocycles. The highest BCUT2D eigenvalue weighted by atomic mass is 16.5. The summed E-state index contributed by atoms with van der Waals surface area (Å²) in [6, 6.07) is 15.8. The fourth-order valence-corrected chi connectivity index (χ4v) is 2.41. The lowest BCUT2D eigenvalue weighted by Crippen LogP contribution is -2.28. The number of hydrogen-bond donors (Lipinski definition) is 1. The van der Waals surface area contributed by atoms with E-state index >= 15 is 0 Å². The minimum Gasteiger partial charge on any atom is -0.493 e. The zero-order valence-corrected chi connectivity index (χ0v) is 14.7. The van der Waals surface area contributed by atoms with Crippen LogP contribution in [0.4, 0.5) is 0 Å². The molecule has 1 amide bonds. The normalized spacial score (nSPS) is 9.96. The number of hydrogen-bond acceptors (Lipinski definition) is 5. The van der Waals surface area contributed by atoms with Gasteiger partial charge < -0.3 is 19.2 Å². The minimum absolute atomic E-state index is 0.0548. The van der Waals surface area contributed by atoms with Gasteiger partial charge in [-0.2, -0.15) is 0 Å². The summed E-state index contributed by atoms with van der Waals surface area (Å²) in [4.78, 5) is 24.1. The summed E-state index contributed by atoms with van der Waals surface area (Å²) >= 11 is 0. The van der Waals surface area contributed by atoms with Gasteiger partial charge in [0.2, 0.25) is 0 Å². The lowest BCUT2D eigenvalue weighted by Gasteiger charge is -2.07. The van der Waals surface area contributed by atoms with Gasteiger partial charge in [0.15, 0.2) is 11.5 Å². The quantitative estimate of drug-likeness (QED) is 0.557. The number of carbonyl (C=O) groups is 1. The topological polar surface area (TPSA) is 77.8 Å². The molecule has 6 nitrogen and oxygen atoms in total. The molecule has 1 heterocycles. The van der Waals surface area contributed by atoms with E-state index in [1.54, 1.807) is 43.5 Å². The van der Waals surface area contributed by atoms with E-state index in [0.29, 0.717) is 22.5 Å². The molecule has 3 aromatic rings. The van der Waals surface area contributed by atoms with Crippen molar-refractivity contribution in [3.63, 3.8) is 0 Å². The van der Waals surface area contributed by atoms with E-state index in [1.165, 1.54) is 6.07 Å². The Bertz CT molecular complexity index is 1070. The molecule has 0 spiro atoms. The summed E-state index contributed by atoms with van der Waals surface area (Å²) in [6.07, 6.45) is 0. The maximum atomic E-state index is 12.2. The predicted octanol–water partition coefficient (Wildman–Crippen LogP) is 2.61. The fourth-order valence-electron chi connectivity index (χ4n) is 2.41. The maximum Gasteiger partial charge on any atom is 0.349 e. The van der Waals surface area contributed by atoms with Gasteiger partial charge in [-0.25, -0.2) is 4.79 Å². The lowest BCUT2D eigenvalue weighted by molar-refractivity contribution is 0.0955. The Hall–Kier alpha value is -3.72. The Kier molecular flexibility index (Phi) is 5.75. The van der Waals surface area contributed by atoms with Gasteiger partial charge in [0.05, 0.1) is 13.7 Å². The molecule has 1 N–H and O–H groups in total. The Labute approximate surface area is 155 Å². The van der Waals surface area contributed by atoms with Crippen LogP contribution in [-0.2, 0) is 0 Å². The van der Waals surface area contributed by atoms with Gasteiger partial charge in [0, 0.05) is 5.39 Å². The molecule has 0 aliphatic carbocycles. The molecule has 0 saturated heterocycles. The van der Waals surface area contributed by atoms with E-state index in [1.807, 2.05) is 12.1 Å². The Balaban J connectivity index is 1.55. The van der Waals surface area contributed by atoms with Crippen LogP contribution in [0.1, 0.15) is 10.4 Å². The number of ether oxygens (including phenoxy) is 2. The van der Waals surface area contributed by atoms with Gasteiger partial charge >= 0.3 is 5.63 Å². The maximum absolute atomic E-state index is 12.2.